The molecular weight excluding hydrogens is 314 g/mol. The van der Waals surface area contributed by atoms with Gasteiger partial charge in [-0.1, -0.05) is 30.3 Å². The first-order valence-corrected chi connectivity index (χ1v) is 7.97. The van der Waals surface area contributed by atoms with Crippen molar-refractivity contribution >= 4 is 11.6 Å². The molecule has 0 radical (unpaired) electrons. The molecule has 0 spiro atoms. The normalized spacial score (nSPS) is 10.7. The molecule has 0 aliphatic heterocycles. The van der Waals surface area contributed by atoms with Crippen LogP contribution in [0.1, 0.15) is 11.1 Å². The lowest BCUT2D eigenvalue weighted by Gasteiger charge is -2.08. The highest BCUT2D eigenvalue weighted by atomic mass is 16.5. The van der Waals surface area contributed by atoms with E-state index in [-0.39, 0.29) is 5.57 Å². The van der Waals surface area contributed by atoms with Gasteiger partial charge in [-0.3, -0.25) is 4.79 Å². The Labute approximate surface area is 147 Å². The van der Waals surface area contributed by atoms with Crippen molar-refractivity contribution in [2.75, 3.05) is 19.0 Å². The van der Waals surface area contributed by atoms with Crippen LogP contribution in [-0.4, -0.2) is 19.6 Å². The number of hydrogen-bond donors (Lipinski definition) is 2. The van der Waals surface area contributed by atoms with E-state index in [9.17, 15) is 10.1 Å². The fourth-order valence-electron chi connectivity index (χ4n) is 2.23. The first-order valence-electron chi connectivity index (χ1n) is 7.97. The molecule has 0 aliphatic rings. The summed E-state index contributed by atoms with van der Waals surface area (Å²) in [6.45, 7) is 2.52. The molecule has 2 aromatic carbocycles. The van der Waals surface area contributed by atoms with Crippen molar-refractivity contribution in [1.82, 2.24) is 5.32 Å². The third-order valence-corrected chi connectivity index (χ3v) is 3.72. The first kappa shape index (κ1) is 18.1. The third kappa shape index (κ3) is 5.40. The van der Waals surface area contributed by atoms with Crippen LogP contribution in [-0.2, 0) is 11.2 Å². The van der Waals surface area contributed by atoms with Crippen LogP contribution in [0.15, 0.2) is 60.3 Å². The van der Waals surface area contributed by atoms with E-state index in [0.29, 0.717) is 12.2 Å². The molecule has 2 rings (SSSR count). The fourth-order valence-corrected chi connectivity index (χ4v) is 2.23. The number of nitriles is 1. The van der Waals surface area contributed by atoms with E-state index in [4.69, 9.17) is 4.74 Å². The Morgan fingerprint density at radius 2 is 1.92 bits per heavy atom. The summed E-state index contributed by atoms with van der Waals surface area (Å²) in [5.41, 5.74) is 2.83. The molecule has 0 atom stereocenters. The van der Waals surface area contributed by atoms with E-state index in [1.54, 1.807) is 13.2 Å². The van der Waals surface area contributed by atoms with Crippen molar-refractivity contribution < 1.29 is 9.53 Å². The van der Waals surface area contributed by atoms with Crippen LogP contribution in [0, 0.1) is 18.3 Å². The predicted octanol–water partition coefficient (Wildman–Crippen LogP) is 3.18. The lowest BCUT2D eigenvalue weighted by molar-refractivity contribution is -0.112. The zero-order chi connectivity index (χ0) is 18.1. The highest BCUT2D eigenvalue weighted by Gasteiger charge is 2.10. The van der Waals surface area contributed by atoms with Gasteiger partial charge >= 0.3 is 0 Å². The van der Waals surface area contributed by atoms with Crippen molar-refractivity contribution in [3.63, 3.8) is 0 Å². The molecule has 0 aromatic heterocycles. The zero-order valence-corrected chi connectivity index (χ0v) is 14.4. The minimum atomic E-state index is -0.422. The number of anilines is 1. The Kier molecular flexibility index (Phi) is 6.61. The van der Waals surface area contributed by atoms with Gasteiger partial charge in [0.15, 0.2) is 0 Å². The summed E-state index contributed by atoms with van der Waals surface area (Å²) in [5.74, 6) is 0.394. The summed E-state index contributed by atoms with van der Waals surface area (Å²) >= 11 is 0. The Balaban J connectivity index is 1.88. The summed E-state index contributed by atoms with van der Waals surface area (Å²) in [6.07, 6.45) is 2.23. The number of methoxy groups -OCH3 is 1. The maximum Gasteiger partial charge on any atom is 0.267 e. The SMILES string of the molecule is COc1ccc(CCN/C=C(/C#N)C(=O)Nc2ccccc2C)cc1. The number of carbonyl (C=O) groups excluding carboxylic acids is 1. The van der Waals surface area contributed by atoms with Gasteiger partial charge in [0.25, 0.3) is 5.91 Å². The summed E-state index contributed by atoms with van der Waals surface area (Å²) in [6, 6.07) is 17.1. The summed E-state index contributed by atoms with van der Waals surface area (Å²) in [4.78, 5) is 12.2. The smallest absolute Gasteiger partial charge is 0.267 e. The van der Waals surface area contributed by atoms with Crippen molar-refractivity contribution in [3.05, 3.63) is 71.4 Å². The molecule has 25 heavy (non-hydrogen) atoms. The number of aryl methyl sites for hydroxylation is 1. The fraction of sp³-hybridized carbons (Fsp3) is 0.200. The van der Waals surface area contributed by atoms with E-state index in [0.717, 1.165) is 23.3 Å². The second-order valence-corrected chi connectivity index (χ2v) is 5.49. The minimum absolute atomic E-state index is 0.0398. The second-order valence-electron chi connectivity index (χ2n) is 5.49. The molecule has 0 saturated carbocycles. The lowest BCUT2D eigenvalue weighted by atomic mass is 10.1. The molecule has 0 heterocycles. The molecule has 2 aromatic rings. The summed E-state index contributed by atoms with van der Waals surface area (Å²) in [5, 5.41) is 15.0. The Hall–Kier alpha value is -3.26. The molecule has 0 saturated heterocycles. The Morgan fingerprint density at radius 1 is 1.20 bits per heavy atom. The van der Waals surface area contributed by atoms with E-state index in [2.05, 4.69) is 10.6 Å². The Morgan fingerprint density at radius 3 is 2.56 bits per heavy atom. The maximum absolute atomic E-state index is 12.2. The Bertz CT molecular complexity index is 789. The molecule has 0 bridgehead atoms. The third-order valence-electron chi connectivity index (χ3n) is 3.72. The molecular formula is C20H21N3O2. The van der Waals surface area contributed by atoms with Gasteiger partial charge in [0.05, 0.1) is 7.11 Å². The van der Waals surface area contributed by atoms with Crippen LogP contribution >= 0.6 is 0 Å². The van der Waals surface area contributed by atoms with Crippen LogP contribution in [0.3, 0.4) is 0 Å². The first-order chi connectivity index (χ1) is 12.1. The molecule has 1 amide bonds. The van der Waals surface area contributed by atoms with Gasteiger partial charge in [-0.2, -0.15) is 5.26 Å². The van der Waals surface area contributed by atoms with E-state index >= 15 is 0 Å². The van der Waals surface area contributed by atoms with Crippen LogP contribution in [0.25, 0.3) is 0 Å². The zero-order valence-electron chi connectivity index (χ0n) is 14.4. The predicted molar refractivity (Wildman–Crippen MR) is 98.2 cm³/mol. The van der Waals surface area contributed by atoms with Crippen LogP contribution in [0.5, 0.6) is 5.75 Å². The molecule has 0 unspecified atom stereocenters. The van der Waals surface area contributed by atoms with E-state index in [1.807, 2.05) is 55.5 Å². The van der Waals surface area contributed by atoms with Gasteiger partial charge in [-0.25, -0.2) is 0 Å². The maximum atomic E-state index is 12.2. The van der Waals surface area contributed by atoms with Crippen LogP contribution in [0.2, 0.25) is 0 Å². The highest BCUT2D eigenvalue weighted by molar-refractivity contribution is 6.06. The quantitative estimate of drug-likeness (QED) is 0.463. The lowest BCUT2D eigenvalue weighted by Crippen LogP contribution is -2.18. The molecule has 0 aliphatic carbocycles. The number of ether oxygens (including phenoxy) is 1. The van der Waals surface area contributed by atoms with E-state index < -0.39 is 5.91 Å². The second kappa shape index (κ2) is 9.14. The number of para-hydroxylation sites is 1. The molecule has 5 heteroatoms. The molecule has 128 valence electrons. The highest BCUT2D eigenvalue weighted by Crippen LogP contribution is 2.14. The van der Waals surface area contributed by atoms with Gasteiger partial charge in [-0.15, -0.1) is 0 Å². The standard InChI is InChI=1S/C20H21N3O2/c1-15-5-3-4-6-19(15)23-20(24)17(13-21)14-22-12-11-16-7-9-18(25-2)10-8-16/h3-10,14,22H,11-12H2,1-2H3,(H,23,24)/b17-14-. The van der Waals surface area contributed by atoms with Crippen molar-refractivity contribution in [2.24, 2.45) is 0 Å². The molecule has 2 N–H and O–H groups in total. The van der Waals surface area contributed by atoms with Gasteiger partial charge in [0.1, 0.15) is 17.4 Å². The number of carbonyl (C=O) groups is 1. The van der Waals surface area contributed by atoms with Crippen molar-refractivity contribution in [3.8, 4) is 11.8 Å². The largest absolute Gasteiger partial charge is 0.497 e. The average Bonchev–Trinajstić information content (AvgIpc) is 2.64. The number of benzene rings is 2. The number of hydrogen-bond acceptors (Lipinski definition) is 4. The number of nitrogens with zero attached hydrogens (tertiary/aromatic N) is 1. The summed E-state index contributed by atoms with van der Waals surface area (Å²) < 4.78 is 5.12. The average molecular weight is 335 g/mol. The van der Waals surface area contributed by atoms with Gasteiger partial charge in [0.2, 0.25) is 0 Å². The van der Waals surface area contributed by atoms with Crippen molar-refractivity contribution in [1.29, 1.82) is 5.26 Å². The van der Waals surface area contributed by atoms with Gasteiger partial charge in [0, 0.05) is 18.4 Å². The number of rotatable bonds is 7. The van der Waals surface area contributed by atoms with Crippen molar-refractivity contribution in [2.45, 2.75) is 13.3 Å². The number of amides is 1. The van der Waals surface area contributed by atoms with E-state index in [1.165, 1.54) is 6.20 Å². The minimum Gasteiger partial charge on any atom is -0.497 e. The van der Waals surface area contributed by atoms with Gasteiger partial charge in [-0.05, 0) is 42.7 Å². The monoisotopic (exact) mass is 335 g/mol. The molecule has 0 fully saturated rings. The molecule has 5 nitrogen and oxygen atoms in total. The van der Waals surface area contributed by atoms with Crippen LogP contribution < -0.4 is 15.4 Å². The van der Waals surface area contributed by atoms with Crippen LogP contribution in [0.4, 0.5) is 5.69 Å². The van der Waals surface area contributed by atoms with Gasteiger partial charge < -0.3 is 15.4 Å². The number of nitrogens with one attached hydrogen (secondary N) is 2. The summed E-state index contributed by atoms with van der Waals surface area (Å²) in [7, 11) is 1.63. The topological polar surface area (TPSA) is 74.1 Å².